The van der Waals surface area contributed by atoms with E-state index in [-0.39, 0.29) is 5.91 Å². The Morgan fingerprint density at radius 3 is 2.67 bits per heavy atom. The predicted octanol–water partition coefficient (Wildman–Crippen LogP) is 2.85. The Labute approximate surface area is 147 Å². The minimum Gasteiger partial charge on any atom is -0.368 e. The lowest BCUT2D eigenvalue weighted by atomic mass is 10.2. The maximum absolute atomic E-state index is 12.7. The lowest BCUT2D eigenvalue weighted by Gasteiger charge is -2.16. The average Bonchev–Trinajstić information content (AvgIpc) is 2.89. The van der Waals surface area contributed by atoms with Crippen LogP contribution in [-0.2, 0) is 0 Å². The number of hydrogen-bond donors (Lipinski definition) is 1. The van der Waals surface area contributed by atoms with Crippen LogP contribution in [0.5, 0.6) is 0 Å². The van der Waals surface area contributed by atoms with Crippen molar-refractivity contribution in [2.45, 2.75) is 26.7 Å². The lowest BCUT2D eigenvalue weighted by molar-refractivity contribution is 0.0797. The third-order valence-corrected chi connectivity index (χ3v) is 5.15. The van der Waals surface area contributed by atoms with Crippen LogP contribution in [0.4, 0.5) is 5.82 Å². The molecule has 0 fully saturated rings. The molecule has 24 heavy (non-hydrogen) atoms. The molecule has 6 nitrogen and oxygen atoms in total. The number of aromatic nitrogens is 2. The molecule has 0 atom stereocenters. The summed E-state index contributed by atoms with van der Waals surface area (Å²) in [5.41, 5.74) is 0.969. The standard InChI is InChI=1S/C17H27N5OS/c1-6-7-9-22(5)17(23)14-12(2)13-15(18-8-10-21(3)4)19-11-20-16(13)24-14/h11H,6-10H2,1-5H3,(H,18,19,20). The highest BCUT2D eigenvalue weighted by atomic mass is 32.1. The summed E-state index contributed by atoms with van der Waals surface area (Å²) in [5.74, 6) is 0.883. The van der Waals surface area contributed by atoms with Gasteiger partial charge in [0.05, 0.1) is 10.3 Å². The largest absolute Gasteiger partial charge is 0.368 e. The van der Waals surface area contributed by atoms with Crippen LogP contribution in [0.3, 0.4) is 0 Å². The van der Waals surface area contributed by atoms with E-state index in [9.17, 15) is 4.79 Å². The van der Waals surface area contributed by atoms with Crippen LogP contribution >= 0.6 is 11.3 Å². The molecule has 0 aliphatic heterocycles. The van der Waals surface area contributed by atoms with Crippen molar-refractivity contribution in [3.8, 4) is 0 Å². The first-order valence-electron chi connectivity index (χ1n) is 8.33. The maximum atomic E-state index is 12.7. The molecule has 0 bridgehead atoms. The van der Waals surface area contributed by atoms with Crippen LogP contribution in [0.1, 0.15) is 35.0 Å². The summed E-state index contributed by atoms with van der Waals surface area (Å²) in [5, 5.41) is 4.33. The molecule has 2 aromatic heterocycles. The molecule has 2 rings (SSSR count). The SMILES string of the molecule is CCCCN(C)C(=O)c1sc2ncnc(NCCN(C)C)c2c1C. The van der Waals surface area contributed by atoms with Gasteiger partial charge in [-0.05, 0) is 33.0 Å². The molecule has 0 radical (unpaired) electrons. The van der Waals surface area contributed by atoms with Gasteiger partial charge in [-0.15, -0.1) is 11.3 Å². The zero-order valence-electron chi connectivity index (χ0n) is 15.2. The molecular formula is C17H27N5OS. The van der Waals surface area contributed by atoms with Gasteiger partial charge in [0.15, 0.2) is 0 Å². The van der Waals surface area contributed by atoms with Crippen LogP contribution in [0.25, 0.3) is 10.2 Å². The second kappa shape index (κ2) is 8.39. The molecule has 132 valence electrons. The van der Waals surface area contributed by atoms with Gasteiger partial charge in [-0.2, -0.15) is 0 Å². The number of unbranched alkanes of at least 4 members (excludes halogenated alkanes) is 1. The van der Waals surface area contributed by atoms with Gasteiger partial charge in [0.25, 0.3) is 5.91 Å². The third-order valence-electron chi connectivity index (χ3n) is 3.97. The Kier molecular flexibility index (Phi) is 6.51. The maximum Gasteiger partial charge on any atom is 0.264 e. The first-order chi connectivity index (χ1) is 11.5. The highest BCUT2D eigenvalue weighted by Crippen LogP contribution is 2.33. The summed E-state index contributed by atoms with van der Waals surface area (Å²) in [6, 6.07) is 0. The first kappa shape index (κ1) is 18.6. The lowest BCUT2D eigenvalue weighted by Crippen LogP contribution is -2.27. The normalized spacial score (nSPS) is 11.2. The van der Waals surface area contributed by atoms with E-state index in [1.165, 1.54) is 11.3 Å². The van der Waals surface area contributed by atoms with E-state index in [0.717, 1.165) is 59.0 Å². The van der Waals surface area contributed by atoms with E-state index < -0.39 is 0 Å². The van der Waals surface area contributed by atoms with Crippen molar-refractivity contribution < 1.29 is 4.79 Å². The quantitative estimate of drug-likeness (QED) is 0.794. The molecule has 2 heterocycles. The monoisotopic (exact) mass is 349 g/mol. The molecule has 0 unspecified atom stereocenters. The highest BCUT2D eigenvalue weighted by Gasteiger charge is 2.21. The third kappa shape index (κ3) is 4.21. The predicted molar refractivity (Wildman–Crippen MR) is 101 cm³/mol. The van der Waals surface area contributed by atoms with Crippen molar-refractivity contribution in [2.75, 3.05) is 46.1 Å². The molecule has 1 amide bonds. The van der Waals surface area contributed by atoms with Gasteiger partial charge < -0.3 is 15.1 Å². The summed E-state index contributed by atoms with van der Waals surface area (Å²) in [6.07, 6.45) is 3.66. The summed E-state index contributed by atoms with van der Waals surface area (Å²) < 4.78 is 0. The molecule has 0 aromatic carbocycles. The number of rotatable bonds is 8. The number of thiophene rings is 1. The fraction of sp³-hybridized carbons (Fsp3) is 0.588. The summed E-state index contributed by atoms with van der Waals surface area (Å²) >= 11 is 1.45. The minimum atomic E-state index is 0.0724. The van der Waals surface area contributed by atoms with E-state index in [2.05, 4.69) is 27.1 Å². The van der Waals surface area contributed by atoms with E-state index in [4.69, 9.17) is 0 Å². The molecule has 0 spiro atoms. The van der Waals surface area contributed by atoms with E-state index in [1.807, 2.05) is 28.1 Å². The van der Waals surface area contributed by atoms with Crippen LogP contribution in [0.15, 0.2) is 6.33 Å². The Morgan fingerprint density at radius 2 is 2.00 bits per heavy atom. The van der Waals surface area contributed by atoms with Gasteiger partial charge in [0.1, 0.15) is 17.0 Å². The summed E-state index contributed by atoms with van der Waals surface area (Å²) in [6.45, 7) is 6.61. The fourth-order valence-corrected chi connectivity index (χ4v) is 3.62. The summed E-state index contributed by atoms with van der Waals surface area (Å²) in [7, 11) is 5.94. The van der Waals surface area contributed by atoms with Crippen LogP contribution in [0, 0.1) is 6.92 Å². The number of fused-ring (bicyclic) bond motifs is 1. The van der Waals surface area contributed by atoms with Crippen LogP contribution in [-0.4, -0.2) is 66.5 Å². The van der Waals surface area contributed by atoms with Gasteiger partial charge in [0.2, 0.25) is 0 Å². The van der Waals surface area contributed by atoms with Crippen LogP contribution < -0.4 is 5.32 Å². The Balaban J connectivity index is 2.27. The van der Waals surface area contributed by atoms with Crippen LogP contribution in [0.2, 0.25) is 0 Å². The molecule has 0 saturated heterocycles. The smallest absolute Gasteiger partial charge is 0.264 e. The van der Waals surface area contributed by atoms with Crippen molar-refractivity contribution >= 4 is 33.3 Å². The number of nitrogens with zero attached hydrogens (tertiary/aromatic N) is 4. The van der Waals surface area contributed by atoms with Crippen molar-refractivity contribution in [2.24, 2.45) is 0 Å². The Bertz CT molecular complexity index is 698. The zero-order chi connectivity index (χ0) is 17.7. The van der Waals surface area contributed by atoms with Gasteiger partial charge in [-0.25, -0.2) is 9.97 Å². The number of hydrogen-bond acceptors (Lipinski definition) is 6. The second-order valence-electron chi connectivity index (χ2n) is 6.27. The van der Waals surface area contributed by atoms with Crippen molar-refractivity contribution in [1.82, 2.24) is 19.8 Å². The summed E-state index contributed by atoms with van der Waals surface area (Å²) in [4.78, 5) is 27.0. The van der Waals surface area contributed by atoms with E-state index in [1.54, 1.807) is 11.2 Å². The van der Waals surface area contributed by atoms with Gasteiger partial charge in [0, 0.05) is 26.7 Å². The molecular weight excluding hydrogens is 322 g/mol. The van der Waals surface area contributed by atoms with E-state index >= 15 is 0 Å². The van der Waals surface area contributed by atoms with Gasteiger partial charge in [-0.3, -0.25) is 4.79 Å². The van der Waals surface area contributed by atoms with Gasteiger partial charge in [-0.1, -0.05) is 13.3 Å². The van der Waals surface area contributed by atoms with Crippen molar-refractivity contribution in [1.29, 1.82) is 0 Å². The number of nitrogens with one attached hydrogen (secondary N) is 1. The number of amides is 1. The number of carbonyl (C=O) groups excluding carboxylic acids is 1. The number of anilines is 1. The number of aryl methyl sites for hydroxylation is 1. The molecule has 2 aromatic rings. The molecule has 7 heteroatoms. The van der Waals surface area contributed by atoms with Gasteiger partial charge >= 0.3 is 0 Å². The minimum absolute atomic E-state index is 0.0724. The fourth-order valence-electron chi connectivity index (χ4n) is 2.48. The average molecular weight is 350 g/mol. The first-order valence-corrected chi connectivity index (χ1v) is 9.15. The Morgan fingerprint density at radius 1 is 1.25 bits per heavy atom. The number of likely N-dealkylation sites (N-methyl/N-ethyl adjacent to an activating group) is 1. The molecule has 1 N–H and O–H groups in total. The molecule has 0 saturated carbocycles. The molecule has 0 aliphatic carbocycles. The molecule has 0 aliphatic rings. The second-order valence-corrected chi connectivity index (χ2v) is 7.27. The highest BCUT2D eigenvalue weighted by molar-refractivity contribution is 7.20. The zero-order valence-corrected chi connectivity index (χ0v) is 16.0. The van der Waals surface area contributed by atoms with Crippen molar-refractivity contribution in [3.05, 3.63) is 16.8 Å². The Hall–Kier alpha value is -1.73. The van der Waals surface area contributed by atoms with Crippen molar-refractivity contribution in [3.63, 3.8) is 0 Å². The van der Waals surface area contributed by atoms with E-state index in [0.29, 0.717) is 0 Å². The number of carbonyl (C=O) groups is 1. The topological polar surface area (TPSA) is 61.4 Å².